The van der Waals surface area contributed by atoms with Gasteiger partial charge in [-0.2, -0.15) is 0 Å². The summed E-state index contributed by atoms with van der Waals surface area (Å²) in [5.74, 6) is 2.06. The van der Waals surface area contributed by atoms with Crippen LogP contribution in [-0.4, -0.2) is 23.6 Å². The Morgan fingerprint density at radius 3 is 2.50 bits per heavy atom. The number of rotatable bonds is 7. The highest BCUT2D eigenvalue weighted by atomic mass is 16.5. The Kier molecular flexibility index (Phi) is 6.05. The molecule has 0 bridgehead atoms. The molecular formula is C14H25N3O. The zero-order valence-electron chi connectivity index (χ0n) is 12.2. The summed E-state index contributed by atoms with van der Waals surface area (Å²) in [5, 5.41) is 3.10. The Hall–Kier alpha value is -1.16. The van der Waals surface area contributed by atoms with Crippen LogP contribution in [0.1, 0.15) is 64.1 Å². The third kappa shape index (κ3) is 3.95. The molecule has 102 valence electrons. The van der Waals surface area contributed by atoms with E-state index in [9.17, 15) is 0 Å². The third-order valence-corrected chi connectivity index (χ3v) is 2.82. The normalized spacial score (nSPS) is 12.8. The number of aromatic nitrogens is 2. The largest absolute Gasteiger partial charge is 0.373 e. The van der Waals surface area contributed by atoms with Crippen LogP contribution in [0.5, 0.6) is 0 Å². The van der Waals surface area contributed by atoms with Gasteiger partial charge in [0.2, 0.25) is 0 Å². The Morgan fingerprint density at radius 2 is 2.00 bits per heavy atom. The van der Waals surface area contributed by atoms with Gasteiger partial charge in [0, 0.05) is 25.4 Å². The van der Waals surface area contributed by atoms with Crippen molar-refractivity contribution in [2.75, 3.05) is 19.0 Å². The van der Waals surface area contributed by atoms with Crippen molar-refractivity contribution in [1.82, 2.24) is 9.97 Å². The molecule has 0 aliphatic carbocycles. The van der Waals surface area contributed by atoms with Gasteiger partial charge < -0.3 is 10.1 Å². The molecule has 0 spiro atoms. The van der Waals surface area contributed by atoms with Gasteiger partial charge in [0.15, 0.2) is 5.82 Å². The van der Waals surface area contributed by atoms with Gasteiger partial charge in [-0.05, 0) is 19.3 Å². The second-order valence-electron chi connectivity index (χ2n) is 4.67. The molecule has 1 heterocycles. The van der Waals surface area contributed by atoms with Gasteiger partial charge in [0.25, 0.3) is 0 Å². The predicted molar refractivity (Wildman–Crippen MR) is 74.9 cm³/mol. The topological polar surface area (TPSA) is 47.0 Å². The molecule has 0 saturated carbocycles. The maximum Gasteiger partial charge on any atom is 0.159 e. The minimum Gasteiger partial charge on any atom is -0.373 e. The number of hydrogen-bond acceptors (Lipinski definition) is 4. The first-order valence-electron chi connectivity index (χ1n) is 6.80. The van der Waals surface area contributed by atoms with Crippen molar-refractivity contribution in [1.29, 1.82) is 0 Å². The summed E-state index contributed by atoms with van der Waals surface area (Å²) < 4.78 is 5.75. The van der Waals surface area contributed by atoms with E-state index >= 15 is 0 Å². The lowest BCUT2D eigenvalue weighted by Gasteiger charge is -2.17. The fourth-order valence-corrected chi connectivity index (χ4v) is 1.80. The predicted octanol–water partition coefficient (Wildman–Crippen LogP) is 3.52. The number of ether oxygens (including phenoxy) is 1. The average molecular weight is 251 g/mol. The molecule has 1 aromatic heterocycles. The second-order valence-corrected chi connectivity index (χ2v) is 4.67. The minimum atomic E-state index is 0.00537. The molecular weight excluding hydrogens is 226 g/mol. The minimum absolute atomic E-state index is 0.00537. The van der Waals surface area contributed by atoms with E-state index in [-0.39, 0.29) is 6.10 Å². The molecule has 4 heteroatoms. The Balaban J connectivity index is 3.07. The van der Waals surface area contributed by atoms with Gasteiger partial charge in [0.1, 0.15) is 11.9 Å². The summed E-state index contributed by atoms with van der Waals surface area (Å²) in [6, 6.07) is 2.00. The van der Waals surface area contributed by atoms with E-state index in [0.29, 0.717) is 12.5 Å². The molecule has 1 N–H and O–H groups in total. The lowest BCUT2D eigenvalue weighted by Crippen LogP contribution is -2.12. The lowest BCUT2D eigenvalue weighted by atomic mass is 10.1. The van der Waals surface area contributed by atoms with Crippen molar-refractivity contribution < 1.29 is 4.74 Å². The van der Waals surface area contributed by atoms with Crippen LogP contribution in [-0.2, 0) is 4.74 Å². The van der Waals surface area contributed by atoms with Crippen LogP contribution in [0.2, 0.25) is 0 Å². The summed E-state index contributed by atoms with van der Waals surface area (Å²) in [7, 11) is 1.88. The zero-order chi connectivity index (χ0) is 13.5. The molecule has 0 radical (unpaired) electrons. The monoisotopic (exact) mass is 251 g/mol. The molecule has 1 unspecified atom stereocenters. The van der Waals surface area contributed by atoms with Crippen molar-refractivity contribution in [2.45, 2.75) is 52.6 Å². The molecule has 18 heavy (non-hydrogen) atoms. The molecule has 4 nitrogen and oxygen atoms in total. The van der Waals surface area contributed by atoms with E-state index in [1.54, 1.807) is 0 Å². The molecule has 0 fully saturated rings. The highest BCUT2D eigenvalue weighted by molar-refractivity contribution is 5.36. The number of nitrogens with zero attached hydrogens (tertiary/aromatic N) is 2. The smallest absolute Gasteiger partial charge is 0.159 e. The van der Waals surface area contributed by atoms with Gasteiger partial charge in [-0.3, -0.25) is 0 Å². The van der Waals surface area contributed by atoms with Crippen LogP contribution >= 0.6 is 0 Å². The van der Waals surface area contributed by atoms with Gasteiger partial charge in [0.05, 0.1) is 0 Å². The van der Waals surface area contributed by atoms with E-state index in [2.05, 4.69) is 36.1 Å². The van der Waals surface area contributed by atoms with Crippen molar-refractivity contribution in [3.63, 3.8) is 0 Å². The molecule has 1 atom stereocenters. The van der Waals surface area contributed by atoms with Crippen LogP contribution < -0.4 is 5.32 Å². The average Bonchev–Trinajstić information content (AvgIpc) is 2.37. The number of nitrogens with one attached hydrogen (secondary N) is 1. The zero-order valence-corrected chi connectivity index (χ0v) is 12.2. The van der Waals surface area contributed by atoms with Gasteiger partial charge in [-0.1, -0.05) is 27.2 Å². The maximum absolute atomic E-state index is 5.75. The summed E-state index contributed by atoms with van der Waals surface area (Å²) >= 11 is 0. The fourth-order valence-electron chi connectivity index (χ4n) is 1.80. The van der Waals surface area contributed by atoms with E-state index in [4.69, 9.17) is 4.74 Å². The quantitative estimate of drug-likeness (QED) is 0.805. The first-order chi connectivity index (χ1) is 8.62. The van der Waals surface area contributed by atoms with Gasteiger partial charge in [-0.25, -0.2) is 9.97 Å². The first-order valence-corrected chi connectivity index (χ1v) is 6.80. The Labute approximate surface area is 110 Å². The van der Waals surface area contributed by atoms with Gasteiger partial charge in [-0.15, -0.1) is 0 Å². The Bertz CT molecular complexity index is 360. The molecule has 0 aromatic carbocycles. The van der Waals surface area contributed by atoms with Crippen LogP contribution in [0.25, 0.3) is 0 Å². The van der Waals surface area contributed by atoms with Crippen LogP contribution in [0.4, 0.5) is 5.82 Å². The van der Waals surface area contributed by atoms with Crippen molar-refractivity contribution in [3.05, 3.63) is 17.6 Å². The lowest BCUT2D eigenvalue weighted by molar-refractivity contribution is 0.0493. The van der Waals surface area contributed by atoms with Crippen molar-refractivity contribution in [2.24, 2.45) is 0 Å². The van der Waals surface area contributed by atoms with E-state index in [1.807, 2.05) is 20.0 Å². The maximum atomic E-state index is 5.75. The molecule has 1 rings (SSSR count). The summed E-state index contributed by atoms with van der Waals surface area (Å²) in [6.07, 6.45) is 2.03. The third-order valence-electron chi connectivity index (χ3n) is 2.82. The van der Waals surface area contributed by atoms with Crippen molar-refractivity contribution in [3.8, 4) is 0 Å². The standard InChI is InChI=1S/C14H25N3O/c1-6-8-12(18-7-2)14-16-11(10(3)4)9-13(15-5)17-14/h9-10,12H,6-8H2,1-5H3,(H,15,16,17). The summed E-state index contributed by atoms with van der Waals surface area (Å²) in [5.41, 5.74) is 1.06. The van der Waals surface area contributed by atoms with Crippen LogP contribution in [0, 0.1) is 0 Å². The van der Waals surface area contributed by atoms with Crippen LogP contribution in [0.15, 0.2) is 6.07 Å². The molecule has 0 saturated heterocycles. The van der Waals surface area contributed by atoms with Crippen molar-refractivity contribution >= 4 is 5.82 Å². The Morgan fingerprint density at radius 1 is 1.28 bits per heavy atom. The highest BCUT2D eigenvalue weighted by Gasteiger charge is 2.16. The second kappa shape index (κ2) is 7.31. The molecule has 1 aromatic rings. The highest BCUT2D eigenvalue weighted by Crippen LogP contribution is 2.23. The van der Waals surface area contributed by atoms with Crippen LogP contribution in [0.3, 0.4) is 0 Å². The first kappa shape index (κ1) is 14.9. The molecule has 0 aliphatic rings. The number of hydrogen-bond donors (Lipinski definition) is 1. The summed E-state index contributed by atoms with van der Waals surface area (Å²) in [4.78, 5) is 9.17. The van der Waals surface area contributed by atoms with E-state index in [0.717, 1.165) is 30.2 Å². The van der Waals surface area contributed by atoms with Gasteiger partial charge >= 0.3 is 0 Å². The fraction of sp³-hybridized carbons (Fsp3) is 0.714. The summed E-state index contributed by atoms with van der Waals surface area (Å²) in [6.45, 7) is 9.13. The number of anilines is 1. The van der Waals surface area contributed by atoms with E-state index in [1.165, 1.54) is 0 Å². The molecule has 0 aliphatic heterocycles. The van der Waals surface area contributed by atoms with E-state index < -0.39 is 0 Å². The SMILES string of the molecule is CCCC(OCC)c1nc(NC)cc(C(C)C)n1. The molecule has 0 amide bonds.